The van der Waals surface area contributed by atoms with Crippen molar-refractivity contribution in [3.05, 3.63) is 52.1 Å². The summed E-state index contributed by atoms with van der Waals surface area (Å²) >= 11 is 10.8. The second-order valence-electron chi connectivity index (χ2n) is 2.86. The topological polar surface area (TPSA) is 12.9 Å². The Morgan fingerprint density at radius 1 is 1.13 bits per heavy atom. The lowest BCUT2D eigenvalue weighted by molar-refractivity contribution is 1.13. The van der Waals surface area contributed by atoms with E-state index in [0.717, 1.165) is 14.4 Å². The number of aromatic nitrogens is 1. The van der Waals surface area contributed by atoms with Crippen LogP contribution in [0.1, 0.15) is 0 Å². The number of hydrogen-bond donors (Lipinski definition) is 0. The molecule has 0 saturated carbocycles. The van der Waals surface area contributed by atoms with Crippen LogP contribution >= 0.6 is 39.3 Å². The van der Waals surface area contributed by atoms with E-state index in [4.69, 9.17) is 11.6 Å². The molecule has 0 N–H and O–H groups in total. The van der Waals surface area contributed by atoms with E-state index in [1.54, 1.807) is 17.8 Å². The van der Waals surface area contributed by atoms with Crippen molar-refractivity contribution in [2.75, 3.05) is 0 Å². The smallest absolute Gasteiger partial charge is 0.130 e. The number of rotatable bonds is 2. The van der Waals surface area contributed by atoms with Gasteiger partial charge in [-0.25, -0.2) is 4.98 Å². The molecule has 1 aromatic heterocycles. The van der Waals surface area contributed by atoms with E-state index in [0.29, 0.717) is 5.15 Å². The molecule has 0 spiro atoms. The fourth-order valence-corrected chi connectivity index (χ4v) is 2.73. The Morgan fingerprint density at radius 2 is 1.93 bits per heavy atom. The van der Waals surface area contributed by atoms with Crippen molar-refractivity contribution in [3.63, 3.8) is 0 Å². The van der Waals surface area contributed by atoms with Crippen molar-refractivity contribution in [1.82, 2.24) is 4.98 Å². The summed E-state index contributed by atoms with van der Waals surface area (Å²) in [6, 6.07) is 13.7. The van der Waals surface area contributed by atoms with Crippen LogP contribution in [-0.2, 0) is 0 Å². The maximum Gasteiger partial charge on any atom is 0.130 e. The fraction of sp³-hybridized carbons (Fsp3) is 0. The minimum atomic E-state index is 0.523. The van der Waals surface area contributed by atoms with Crippen LogP contribution in [0.3, 0.4) is 0 Å². The molecule has 2 rings (SSSR count). The molecule has 0 radical (unpaired) electrons. The summed E-state index contributed by atoms with van der Waals surface area (Å²) in [5, 5.41) is 1.43. The fourth-order valence-electron chi connectivity index (χ4n) is 1.10. The molecule has 0 fully saturated rings. The van der Waals surface area contributed by atoms with Crippen LogP contribution in [0.15, 0.2) is 56.9 Å². The molecule has 0 atom stereocenters. The van der Waals surface area contributed by atoms with Crippen LogP contribution in [0.2, 0.25) is 5.15 Å². The van der Waals surface area contributed by atoms with Crippen LogP contribution in [-0.4, -0.2) is 4.98 Å². The first-order chi connectivity index (χ1) is 7.24. The van der Waals surface area contributed by atoms with Crippen molar-refractivity contribution < 1.29 is 0 Å². The third-order valence-corrected chi connectivity index (χ3v) is 3.34. The summed E-state index contributed by atoms with van der Waals surface area (Å²) in [5.74, 6) is 0. The van der Waals surface area contributed by atoms with Gasteiger partial charge in [0.1, 0.15) is 10.2 Å². The van der Waals surface area contributed by atoms with Crippen LogP contribution in [0, 0.1) is 0 Å². The molecular weight excluding hydrogens is 294 g/mol. The molecule has 76 valence electrons. The highest BCUT2D eigenvalue weighted by molar-refractivity contribution is 9.10. The van der Waals surface area contributed by atoms with Gasteiger partial charge in [-0.2, -0.15) is 0 Å². The van der Waals surface area contributed by atoms with Crippen LogP contribution < -0.4 is 0 Å². The standard InChI is InChI=1S/C11H7BrClNS/c12-8-3-1-4-9(7-8)15-11-6-2-5-10(13)14-11/h1-7H. The number of halogens is 2. The maximum absolute atomic E-state index is 5.81. The van der Waals surface area contributed by atoms with Crippen molar-refractivity contribution in [1.29, 1.82) is 0 Å². The number of pyridine rings is 1. The number of nitrogens with zero attached hydrogens (tertiary/aromatic N) is 1. The Labute approximate surface area is 106 Å². The van der Waals surface area contributed by atoms with E-state index in [9.17, 15) is 0 Å². The van der Waals surface area contributed by atoms with Crippen LogP contribution in [0.25, 0.3) is 0 Å². The predicted molar refractivity (Wildman–Crippen MR) is 67.5 cm³/mol. The lowest BCUT2D eigenvalue weighted by atomic mass is 10.4. The highest BCUT2D eigenvalue weighted by Crippen LogP contribution is 2.28. The van der Waals surface area contributed by atoms with Crippen LogP contribution in [0.5, 0.6) is 0 Å². The largest absolute Gasteiger partial charge is 0.229 e. The molecule has 0 unspecified atom stereocenters. The summed E-state index contributed by atoms with van der Waals surface area (Å²) in [7, 11) is 0. The van der Waals surface area contributed by atoms with Gasteiger partial charge in [-0.1, -0.05) is 51.4 Å². The highest BCUT2D eigenvalue weighted by atomic mass is 79.9. The molecule has 0 aliphatic rings. The van der Waals surface area contributed by atoms with Gasteiger partial charge in [0.15, 0.2) is 0 Å². The lowest BCUT2D eigenvalue weighted by Crippen LogP contribution is -1.79. The summed E-state index contributed by atoms with van der Waals surface area (Å²) < 4.78 is 1.06. The van der Waals surface area contributed by atoms with Crippen molar-refractivity contribution in [3.8, 4) is 0 Å². The first-order valence-corrected chi connectivity index (χ1v) is 6.29. The highest BCUT2D eigenvalue weighted by Gasteiger charge is 1.99. The van der Waals surface area contributed by atoms with Gasteiger partial charge in [0.05, 0.1) is 0 Å². The molecule has 0 saturated heterocycles. The van der Waals surface area contributed by atoms with E-state index >= 15 is 0 Å². The summed E-state index contributed by atoms with van der Waals surface area (Å²) in [4.78, 5) is 5.35. The molecular formula is C11H7BrClNS. The average molecular weight is 301 g/mol. The molecule has 2 aromatic rings. The van der Waals surface area contributed by atoms with Crippen LogP contribution in [0.4, 0.5) is 0 Å². The Bertz CT molecular complexity index is 432. The molecule has 1 heterocycles. The van der Waals surface area contributed by atoms with E-state index in [1.165, 1.54) is 0 Å². The normalized spacial score (nSPS) is 10.3. The van der Waals surface area contributed by atoms with Gasteiger partial charge in [-0.15, -0.1) is 0 Å². The molecule has 1 aromatic carbocycles. The molecule has 4 heteroatoms. The quantitative estimate of drug-likeness (QED) is 0.749. The SMILES string of the molecule is Clc1cccc(Sc2cccc(Br)c2)n1. The molecule has 0 amide bonds. The van der Waals surface area contributed by atoms with Gasteiger partial charge in [0.25, 0.3) is 0 Å². The van der Waals surface area contributed by atoms with Gasteiger partial charge in [-0.05, 0) is 30.3 Å². The second-order valence-corrected chi connectivity index (χ2v) is 5.25. The van der Waals surface area contributed by atoms with Gasteiger partial charge in [0, 0.05) is 9.37 Å². The van der Waals surface area contributed by atoms with E-state index in [1.807, 2.05) is 36.4 Å². The second kappa shape index (κ2) is 5.01. The zero-order valence-corrected chi connectivity index (χ0v) is 10.8. The van der Waals surface area contributed by atoms with Crippen molar-refractivity contribution in [2.24, 2.45) is 0 Å². The van der Waals surface area contributed by atoms with Gasteiger partial charge in [0.2, 0.25) is 0 Å². The average Bonchev–Trinajstić information content (AvgIpc) is 2.17. The molecule has 1 nitrogen and oxygen atoms in total. The minimum Gasteiger partial charge on any atom is -0.229 e. The Balaban J connectivity index is 2.22. The predicted octanol–water partition coefficient (Wildman–Crippen LogP) is 4.65. The van der Waals surface area contributed by atoms with Gasteiger partial charge < -0.3 is 0 Å². The van der Waals surface area contributed by atoms with Gasteiger partial charge >= 0.3 is 0 Å². The third-order valence-electron chi connectivity index (χ3n) is 1.71. The molecule has 0 aliphatic carbocycles. The Morgan fingerprint density at radius 3 is 2.67 bits per heavy atom. The van der Waals surface area contributed by atoms with E-state index in [-0.39, 0.29) is 0 Å². The Hall–Kier alpha value is -0.510. The van der Waals surface area contributed by atoms with Crippen molar-refractivity contribution in [2.45, 2.75) is 9.92 Å². The summed E-state index contributed by atoms with van der Waals surface area (Å²) in [6.07, 6.45) is 0. The lowest BCUT2D eigenvalue weighted by Gasteiger charge is -2.01. The summed E-state index contributed by atoms with van der Waals surface area (Å²) in [5.41, 5.74) is 0. The monoisotopic (exact) mass is 299 g/mol. The molecule has 0 aliphatic heterocycles. The zero-order chi connectivity index (χ0) is 10.7. The molecule has 0 bridgehead atoms. The van der Waals surface area contributed by atoms with E-state index < -0.39 is 0 Å². The minimum absolute atomic E-state index is 0.523. The van der Waals surface area contributed by atoms with Gasteiger partial charge in [-0.3, -0.25) is 0 Å². The number of hydrogen-bond acceptors (Lipinski definition) is 2. The van der Waals surface area contributed by atoms with Crippen molar-refractivity contribution >= 4 is 39.3 Å². The summed E-state index contributed by atoms with van der Waals surface area (Å²) in [6.45, 7) is 0. The maximum atomic E-state index is 5.81. The number of benzene rings is 1. The molecule has 15 heavy (non-hydrogen) atoms. The zero-order valence-electron chi connectivity index (χ0n) is 7.65. The van der Waals surface area contributed by atoms with E-state index in [2.05, 4.69) is 20.9 Å². The third kappa shape index (κ3) is 3.23. The first-order valence-electron chi connectivity index (χ1n) is 4.30. The Kier molecular flexibility index (Phi) is 3.67. The first kappa shape index (κ1) is 11.0.